The van der Waals surface area contributed by atoms with E-state index in [9.17, 15) is 13.2 Å². The van der Waals surface area contributed by atoms with Gasteiger partial charge in [0.1, 0.15) is 0 Å². The molecule has 3 aromatic rings. The van der Waals surface area contributed by atoms with Crippen LogP contribution in [0.5, 0.6) is 0 Å². The third kappa shape index (κ3) is 3.92. The van der Waals surface area contributed by atoms with E-state index in [0.29, 0.717) is 12.8 Å². The molecule has 0 saturated carbocycles. The van der Waals surface area contributed by atoms with Gasteiger partial charge in [-0.05, 0) is 41.3 Å². The second-order valence-corrected chi connectivity index (χ2v) is 8.79. The molecule has 0 fully saturated rings. The standard InChI is InChI=1S/C20H21N5O3S/c1-24-12-19(22-13-24)29(27,28)23-10-14-7-17(11-21-9-14)15-3-5-18-16(8-15)4-6-20(26)25(18)2/h3,5,7-9,11-13,23H,4,6,10H2,1-2H3. The molecule has 2 aromatic heterocycles. The molecule has 0 bridgehead atoms. The summed E-state index contributed by atoms with van der Waals surface area (Å²) in [6.45, 7) is 0.113. The summed E-state index contributed by atoms with van der Waals surface area (Å²) in [5, 5.41) is -0.0162. The molecule has 0 spiro atoms. The molecule has 1 aliphatic heterocycles. The highest BCUT2D eigenvalue weighted by Crippen LogP contribution is 2.31. The molecule has 1 aromatic carbocycles. The van der Waals surface area contributed by atoms with Crippen LogP contribution in [0.4, 0.5) is 5.69 Å². The van der Waals surface area contributed by atoms with E-state index in [4.69, 9.17) is 0 Å². The van der Waals surface area contributed by atoms with E-state index in [1.165, 1.54) is 12.5 Å². The minimum Gasteiger partial charge on any atom is -0.339 e. The molecule has 0 atom stereocenters. The molecule has 1 N–H and O–H groups in total. The molecule has 0 aliphatic carbocycles. The minimum atomic E-state index is -3.69. The van der Waals surface area contributed by atoms with Crippen LogP contribution >= 0.6 is 0 Å². The lowest BCUT2D eigenvalue weighted by Crippen LogP contribution is -2.30. The number of fused-ring (bicyclic) bond motifs is 1. The Balaban J connectivity index is 1.54. The van der Waals surface area contributed by atoms with Gasteiger partial charge in [-0.15, -0.1) is 0 Å². The zero-order valence-corrected chi connectivity index (χ0v) is 17.0. The van der Waals surface area contributed by atoms with Gasteiger partial charge in [0.05, 0.1) is 6.33 Å². The molecule has 0 unspecified atom stereocenters. The number of imidazole rings is 1. The van der Waals surface area contributed by atoms with Crippen LogP contribution < -0.4 is 9.62 Å². The van der Waals surface area contributed by atoms with Gasteiger partial charge in [-0.1, -0.05) is 6.07 Å². The summed E-state index contributed by atoms with van der Waals surface area (Å²) >= 11 is 0. The van der Waals surface area contributed by atoms with Gasteiger partial charge in [0.2, 0.25) is 5.91 Å². The number of aryl methyl sites for hydroxylation is 2. The molecule has 1 amide bonds. The summed E-state index contributed by atoms with van der Waals surface area (Å²) in [5.74, 6) is 0.120. The van der Waals surface area contributed by atoms with Crippen LogP contribution in [0, 0.1) is 0 Å². The number of hydrogen-bond donors (Lipinski definition) is 1. The van der Waals surface area contributed by atoms with E-state index in [-0.39, 0.29) is 17.5 Å². The van der Waals surface area contributed by atoms with E-state index in [0.717, 1.165) is 27.9 Å². The topological polar surface area (TPSA) is 97.2 Å². The largest absolute Gasteiger partial charge is 0.339 e. The van der Waals surface area contributed by atoms with Crippen LogP contribution in [0.25, 0.3) is 11.1 Å². The zero-order valence-electron chi connectivity index (χ0n) is 16.2. The van der Waals surface area contributed by atoms with Crippen molar-refractivity contribution in [3.8, 4) is 11.1 Å². The molecule has 4 rings (SSSR count). The average Bonchev–Trinajstić information content (AvgIpc) is 3.17. The Labute approximate surface area is 169 Å². The summed E-state index contributed by atoms with van der Waals surface area (Å²) in [5.41, 5.74) is 4.66. The predicted molar refractivity (Wildman–Crippen MR) is 109 cm³/mol. The Morgan fingerprint density at radius 1 is 1.10 bits per heavy atom. The first-order chi connectivity index (χ1) is 13.8. The molecule has 150 valence electrons. The van der Waals surface area contributed by atoms with Crippen LogP contribution in [-0.2, 0) is 34.8 Å². The number of sulfonamides is 1. The maximum Gasteiger partial charge on any atom is 0.259 e. The number of rotatable bonds is 5. The Kier molecular flexibility index (Phi) is 4.93. The third-order valence-electron chi connectivity index (χ3n) is 4.97. The second kappa shape index (κ2) is 7.41. The molecule has 0 saturated heterocycles. The van der Waals surface area contributed by atoms with E-state index in [2.05, 4.69) is 20.8 Å². The van der Waals surface area contributed by atoms with Gasteiger partial charge in [0.15, 0.2) is 5.03 Å². The lowest BCUT2D eigenvalue weighted by Gasteiger charge is -2.26. The van der Waals surface area contributed by atoms with Crippen LogP contribution in [0.2, 0.25) is 0 Å². The highest BCUT2D eigenvalue weighted by Gasteiger charge is 2.21. The van der Waals surface area contributed by atoms with Gasteiger partial charge < -0.3 is 9.47 Å². The fourth-order valence-electron chi connectivity index (χ4n) is 3.36. The van der Waals surface area contributed by atoms with Crippen LogP contribution in [-0.4, -0.2) is 35.9 Å². The first-order valence-corrected chi connectivity index (χ1v) is 10.6. The quantitative estimate of drug-likeness (QED) is 0.691. The second-order valence-electron chi connectivity index (χ2n) is 7.08. The lowest BCUT2D eigenvalue weighted by atomic mass is 9.96. The van der Waals surface area contributed by atoms with Crippen molar-refractivity contribution >= 4 is 21.6 Å². The van der Waals surface area contributed by atoms with Gasteiger partial charge in [0, 0.05) is 56.9 Å². The number of aromatic nitrogens is 3. The maximum atomic E-state index is 12.4. The first kappa shape index (κ1) is 19.3. The normalized spacial score (nSPS) is 14.1. The third-order valence-corrected chi connectivity index (χ3v) is 6.26. The number of carbonyl (C=O) groups is 1. The van der Waals surface area contributed by atoms with Crippen molar-refractivity contribution in [1.29, 1.82) is 0 Å². The van der Waals surface area contributed by atoms with Crippen molar-refractivity contribution in [2.45, 2.75) is 24.4 Å². The smallest absolute Gasteiger partial charge is 0.259 e. The summed E-state index contributed by atoms with van der Waals surface area (Å²) in [4.78, 5) is 21.7. The van der Waals surface area contributed by atoms with Crippen LogP contribution in [0.1, 0.15) is 17.5 Å². The van der Waals surface area contributed by atoms with Crippen molar-refractivity contribution in [3.63, 3.8) is 0 Å². The van der Waals surface area contributed by atoms with Crippen molar-refractivity contribution in [2.24, 2.45) is 7.05 Å². The highest BCUT2D eigenvalue weighted by molar-refractivity contribution is 7.89. The molecule has 8 nitrogen and oxygen atoms in total. The minimum absolute atomic E-state index is 0.0162. The lowest BCUT2D eigenvalue weighted by molar-refractivity contribution is -0.118. The van der Waals surface area contributed by atoms with Crippen molar-refractivity contribution in [1.82, 2.24) is 19.3 Å². The monoisotopic (exact) mass is 411 g/mol. The number of amides is 1. The molecule has 3 heterocycles. The van der Waals surface area contributed by atoms with Gasteiger partial charge >= 0.3 is 0 Å². The molecular weight excluding hydrogens is 390 g/mol. The van der Waals surface area contributed by atoms with Gasteiger partial charge in [0.25, 0.3) is 10.0 Å². The fourth-order valence-corrected chi connectivity index (χ4v) is 4.35. The number of carbonyl (C=O) groups excluding carboxylic acids is 1. The highest BCUT2D eigenvalue weighted by atomic mass is 32.2. The van der Waals surface area contributed by atoms with E-state index >= 15 is 0 Å². The number of benzene rings is 1. The summed E-state index contributed by atoms with van der Waals surface area (Å²) in [6, 6.07) is 7.87. The van der Waals surface area contributed by atoms with Crippen molar-refractivity contribution in [3.05, 3.63) is 60.3 Å². The molecule has 9 heteroatoms. The van der Waals surface area contributed by atoms with Gasteiger partial charge in [-0.2, -0.15) is 0 Å². The predicted octanol–water partition coefficient (Wildman–Crippen LogP) is 1.87. The van der Waals surface area contributed by atoms with Gasteiger partial charge in [-0.3, -0.25) is 9.78 Å². The Morgan fingerprint density at radius 3 is 2.69 bits per heavy atom. The zero-order chi connectivity index (χ0) is 20.6. The number of pyridine rings is 1. The number of nitrogens with one attached hydrogen (secondary N) is 1. The SMILES string of the molecule is CN1C(=O)CCc2cc(-c3cncc(CNS(=O)(=O)c4cn(C)cn4)c3)ccc21. The number of hydrogen-bond acceptors (Lipinski definition) is 5. The number of nitrogens with zero attached hydrogens (tertiary/aromatic N) is 4. The summed E-state index contributed by atoms with van der Waals surface area (Å²) in [7, 11) is -0.184. The Hall–Kier alpha value is -3.04. The maximum absolute atomic E-state index is 12.4. The molecule has 1 aliphatic rings. The molecule has 0 radical (unpaired) electrons. The van der Waals surface area contributed by atoms with E-state index in [1.54, 1.807) is 36.0 Å². The Bertz CT molecular complexity index is 1190. The van der Waals surface area contributed by atoms with Crippen LogP contribution in [0.3, 0.4) is 0 Å². The number of anilines is 1. The van der Waals surface area contributed by atoms with E-state index in [1.807, 2.05) is 18.2 Å². The molecular formula is C20H21N5O3S. The first-order valence-electron chi connectivity index (χ1n) is 9.15. The van der Waals surface area contributed by atoms with Crippen molar-refractivity contribution < 1.29 is 13.2 Å². The van der Waals surface area contributed by atoms with Gasteiger partial charge in [-0.25, -0.2) is 18.1 Å². The Morgan fingerprint density at radius 2 is 1.93 bits per heavy atom. The summed E-state index contributed by atoms with van der Waals surface area (Å²) < 4.78 is 28.8. The molecule has 29 heavy (non-hydrogen) atoms. The summed E-state index contributed by atoms with van der Waals surface area (Å²) in [6.07, 6.45) is 7.49. The van der Waals surface area contributed by atoms with Crippen molar-refractivity contribution in [2.75, 3.05) is 11.9 Å². The average molecular weight is 411 g/mol. The van der Waals surface area contributed by atoms with E-state index < -0.39 is 10.0 Å². The fraction of sp³-hybridized carbons (Fsp3) is 0.250. The van der Waals surface area contributed by atoms with Crippen LogP contribution in [0.15, 0.2) is 54.2 Å².